The summed E-state index contributed by atoms with van der Waals surface area (Å²) in [7, 11) is 0. The van der Waals surface area contributed by atoms with E-state index < -0.39 is 5.97 Å². The number of carboxylic acids is 1. The highest BCUT2D eigenvalue weighted by atomic mass is 79.9. The number of halogens is 1. The van der Waals surface area contributed by atoms with Gasteiger partial charge in [-0.3, -0.25) is 0 Å². The maximum absolute atomic E-state index is 11.3. The molecule has 1 N–H and O–H groups in total. The molecule has 3 rings (SSSR count). The van der Waals surface area contributed by atoms with Gasteiger partial charge >= 0.3 is 5.97 Å². The Balaban J connectivity index is 1.95. The highest BCUT2D eigenvalue weighted by Crippen LogP contribution is 2.33. The lowest BCUT2D eigenvalue weighted by Gasteiger charge is -2.11. The van der Waals surface area contributed by atoms with E-state index in [9.17, 15) is 9.90 Å². The van der Waals surface area contributed by atoms with Crippen molar-refractivity contribution in [3.8, 4) is 11.5 Å². The van der Waals surface area contributed by atoms with Gasteiger partial charge in [-0.15, -0.1) is 0 Å². The van der Waals surface area contributed by atoms with Gasteiger partial charge in [0.2, 0.25) is 0 Å². The molecule has 0 saturated carbocycles. The summed E-state index contributed by atoms with van der Waals surface area (Å²) in [6.07, 6.45) is 3.36. The van der Waals surface area contributed by atoms with Gasteiger partial charge < -0.3 is 9.84 Å². The van der Waals surface area contributed by atoms with Gasteiger partial charge in [-0.2, -0.15) is 0 Å². The Morgan fingerprint density at radius 1 is 1.15 bits per heavy atom. The van der Waals surface area contributed by atoms with Crippen LogP contribution in [-0.4, -0.2) is 11.1 Å². The first kappa shape index (κ1) is 13.2. The fourth-order valence-corrected chi connectivity index (χ4v) is 3.05. The maximum atomic E-state index is 11.3. The van der Waals surface area contributed by atoms with E-state index in [2.05, 4.69) is 22.0 Å². The highest BCUT2D eigenvalue weighted by molar-refractivity contribution is 9.10. The Labute approximate surface area is 125 Å². The molecule has 0 bridgehead atoms. The minimum Gasteiger partial charge on any atom is -0.478 e. The van der Waals surface area contributed by atoms with Crippen LogP contribution in [-0.2, 0) is 12.8 Å². The molecule has 20 heavy (non-hydrogen) atoms. The molecule has 0 radical (unpaired) electrons. The summed E-state index contributed by atoms with van der Waals surface area (Å²) >= 11 is 3.25. The number of carboxylic acid groups (broad SMARTS) is 1. The zero-order valence-electron chi connectivity index (χ0n) is 10.7. The highest BCUT2D eigenvalue weighted by Gasteiger charge is 2.17. The second-order valence-electron chi connectivity index (χ2n) is 4.80. The average Bonchev–Trinajstić information content (AvgIpc) is 2.85. The van der Waals surface area contributed by atoms with E-state index in [1.807, 2.05) is 12.1 Å². The smallest absolute Gasteiger partial charge is 0.340 e. The molecular weight excluding hydrogens is 320 g/mol. The molecule has 0 aromatic heterocycles. The first-order chi connectivity index (χ1) is 9.65. The van der Waals surface area contributed by atoms with E-state index in [1.165, 1.54) is 17.5 Å². The third kappa shape index (κ3) is 2.43. The van der Waals surface area contributed by atoms with Crippen molar-refractivity contribution >= 4 is 21.9 Å². The third-order valence-corrected chi connectivity index (χ3v) is 4.15. The average molecular weight is 333 g/mol. The Hall–Kier alpha value is -1.81. The monoisotopic (exact) mass is 332 g/mol. The Morgan fingerprint density at radius 2 is 1.95 bits per heavy atom. The fraction of sp³-hybridized carbons (Fsp3) is 0.188. The van der Waals surface area contributed by atoms with Crippen LogP contribution in [0.5, 0.6) is 11.5 Å². The van der Waals surface area contributed by atoms with Crippen molar-refractivity contribution in [2.24, 2.45) is 0 Å². The van der Waals surface area contributed by atoms with Crippen molar-refractivity contribution < 1.29 is 14.6 Å². The van der Waals surface area contributed by atoms with Crippen LogP contribution >= 0.6 is 15.9 Å². The van der Waals surface area contributed by atoms with E-state index in [1.54, 1.807) is 18.2 Å². The molecule has 0 unspecified atom stereocenters. The number of aryl methyl sites for hydroxylation is 2. The Kier molecular flexibility index (Phi) is 3.49. The van der Waals surface area contributed by atoms with Gasteiger partial charge in [-0.05, 0) is 70.6 Å². The van der Waals surface area contributed by atoms with Crippen molar-refractivity contribution in [1.82, 2.24) is 0 Å². The van der Waals surface area contributed by atoms with Crippen LogP contribution in [0.25, 0.3) is 0 Å². The molecule has 2 aromatic carbocycles. The lowest BCUT2D eigenvalue weighted by Crippen LogP contribution is -2.01. The van der Waals surface area contributed by atoms with Gasteiger partial charge in [-0.25, -0.2) is 4.79 Å². The lowest BCUT2D eigenvalue weighted by atomic mass is 10.1. The molecule has 3 nitrogen and oxygen atoms in total. The number of fused-ring (bicyclic) bond motifs is 1. The van der Waals surface area contributed by atoms with Crippen molar-refractivity contribution in [2.75, 3.05) is 0 Å². The molecule has 0 spiro atoms. The molecule has 102 valence electrons. The molecular formula is C16H13BrO3. The van der Waals surface area contributed by atoms with E-state index in [-0.39, 0.29) is 5.56 Å². The maximum Gasteiger partial charge on any atom is 0.340 e. The predicted molar refractivity (Wildman–Crippen MR) is 79.6 cm³/mol. The van der Waals surface area contributed by atoms with Gasteiger partial charge in [0, 0.05) is 4.47 Å². The second-order valence-corrected chi connectivity index (χ2v) is 5.66. The van der Waals surface area contributed by atoms with Gasteiger partial charge in [0.15, 0.2) is 0 Å². The largest absolute Gasteiger partial charge is 0.478 e. The van der Waals surface area contributed by atoms with E-state index >= 15 is 0 Å². The summed E-state index contributed by atoms with van der Waals surface area (Å²) in [5.74, 6) is 0.0321. The van der Waals surface area contributed by atoms with Crippen LogP contribution in [0.15, 0.2) is 40.9 Å². The zero-order valence-corrected chi connectivity index (χ0v) is 12.3. The summed E-state index contributed by atoms with van der Waals surface area (Å²) < 4.78 is 6.28. The van der Waals surface area contributed by atoms with Crippen LogP contribution in [0.3, 0.4) is 0 Å². The molecule has 2 aromatic rings. The van der Waals surface area contributed by atoms with Crippen LogP contribution in [0, 0.1) is 0 Å². The molecule has 0 heterocycles. The zero-order chi connectivity index (χ0) is 14.1. The molecule has 1 aliphatic rings. The quantitative estimate of drug-likeness (QED) is 0.904. The molecule has 1 aliphatic carbocycles. The minimum atomic E-state index is -1.01. The number of aromatic carboxylic acids is 1. The number of hydrogen-bond acceptors (Lipinski definition) is 2. The van der Waals surface area contributed by atoms with Crippen LogP contribution in [0.1, 0.15) is 27.9 Å². The van der Waals surface area contributed by atoms with Gasteiger partial charge in [-0.1, -0.05) is 12.1 Å². The molecule has 0 saturated heterocycles. The van der Waals surface area contributed by atoms with Crippen molar-refractivity contribution in [3.63, 3.8) is 0 Å². The predicted octanol–water partition coefficient (Wildman–Crippen LogP) is 4.43. The number of rotatable bonds is 3. The summed E-state index contributed by atoms with van der Waals surface area (Å²) in [6.45, 7) is 0. The number of carbonyl (C=O) groups is 1. The molecule has 4 heteroatoms. The topological polar surface area (TPSA) is 46.5 Å². The third-order valence-electron chi connectivity index (χ3n) is 3.49. The molecule has 0 amide bonds. The van der Waals surface area contributed by atoms with Crippen molar-refractivity contribution in [1.29, 1.82) is 0 Å². The Bertz CT molecular complexity index is 679. The van der Waals surface area contributed by atoms with Gasteiger partial charge in [0.1, 0.15) is 17.1 Å². The van der Waals surface area contributed by atoms with E-state index in [0.29, 0.717) is 16.0 Å². The summed E-state index contributed by atoms with van der Waals surface area (Å²) in [5.41, 5.74) is 2.81. The SMILES string of the molecule is O=C(O)c1c(Br)cccc1Oc1ccc2c(c1)CCC2. The standard InChI is InChI=1S/C16H13BrO3/c17-13-5-2-6-14(15(13)16(18)19)20-12-8-7-10-3-1-4-11(10)9-12/h2,5-9H,1,3-4H2,(H,18,19). The van der Waals surface area contributed by atoms with E-state index in [4.69, 9.17) is 4.74 Å². The molecule has 0 atom stereocenters. The fourth-order valence-electron chi connectivity index (χ4n) is 2.54. The first-order valence-electron chi connectivity index (χ1n) is 6.46. The second kappa shape index (κ2) is 5.29. The van der Waals surface area contributed by atoms with E-state index in [0.717, 1.165) is 12.8 Å². The number of ether oxygens (including phenoxy) is 1. The lowest BCUT2D eigenvalue weighted by molar-refractivity contribution is 0.0693. The Morgan fingerprint density at radius 3 is 2.75 bits per heavy atom. The first-order valence-corrected chi connectivity index (χ1v) is 7.26. The number of hydrogen-bond donors (Lipinski definition) is 1. The molecule has 0 aliphatic heterocycles. The summed E-state index contributed by atoms with van der Waals surface area (Å²) in [6, 6.07) is 11.1. The van der Waals surface area contributed by atoms with Crippen LogP contribution in [0.2, 0.25) is 0 Å². The van der Waals surface area contributed by atoms with Crippen molar-refractivity contribution in [3.05, 3.63) is 57.6 Å². The van der Waals surface area contributed by atoms with Crippen LogP contribution in [0.4, 0.5) is 0 Å². The summed E-state index contributed by atoms with van der Waals surface area (Å²) in [5, 5.41) is 9.27. The van der Waals surface area contributed by atoms with Gasteiger partial charge in [0.25, 0.3) is 0 Å². The normalized spacial score (nSPS) is 13.1. The van der Waals surface area contributed by atoms with Gasteiger partial charge in [0.05, 0.1) is 0 Å². The molecule has 0 fully saturated rings. The number of benzene rings is 2. The summed E-state index contributed by atoms with van der Waals surface area (Å²) in [4.78, 5) is 11.3. The minimum absolute atomic E-state index is 0.146. The van der Waals surface area contributed by atoms with Crippen molar-refractivity contribution in [2.45, 2.75) is 19.3 Å². The van der Waals surface area contributed by atoms with Crippen LogP contribution < -0.4 is 4.74 Å².